The van der Waals surface area contributed by atoms with Gasteiger partial charge < -0.3 is 11.1 Å². The summed E-state index contributed by atoms with van der Waals surface area (Å²) in [6.07, 6.45) is 1.61. The molecule has 0 fully saturated rings. The second kappa shape index (κ2) is 6.30. The maximum Gasteiger partial charge on any atom is 0.270 e. The molecule has 1 aromatic carbocycles. The number of aryl methyl sites for hydroxylation is 2. The highest BCUT2D eigenvalue weighted by Crippen LogP contribution is 2.10. The molecule has 2 rings (SSSR count). The average molecular weight is 269 g/mol. The van der Waals surface area contributed by atoms with Gasteiger partial charge in [0.1, 0.15) is 5.69 Å². The van der Waals surface area contributed by atoms with Crippen LogP contribution in [0.4, 0.5) is 0 Å². The number of benzene rings is 1. The quantitative estimate of drug-likeness (QED) is 0.893. The molecule has 0 aliphatic carbocycles. The first-order chi connectivity index (χ1) is 9.60. The highest BCUT2D eigenvalue weighted by molar-refractivity contribution is 5.92. The standard InChI is InChI=1S/C16H19N3O/c1-11-3-4-12(2)14(7-11)10-19-16(20)15-8-13(9-17)5-6-18-15/h3-8H,9-10,17H2,1-2H3,(H,19,20). The van der Waals surface area contributed by atoms with Gasteiger partial charge in [0.25, 0.3) is 5.91 Å². The van der Waals surface area contributed by atoms with Crippen molar-refractivity contribution in [2.45, 2.75) is 26.9 Å². The molecule has 0 unspecified atom stereocenters. The number of nitrogens with zero attached hydrogens (tertiary/aromatic N) is 1. The van der Waals surface area contributed by atoms with Crippen molar-refractivity contribution in [2.24, 2.45) is 5.73 Å². The fraction of sp³-hybridized carbons (Fsp3) is 0.250. The molecule has 0 atom stereocenters. The lowest BCUT2D eigenvalue weighted by atomic mass is 10.1. The summed E-state index contributed by atoms with van der Waals surface area (Å²) in [5.41, 5.74) is 10.3. The third-order valence-corrected chi connectivity index (χ3v) is 3.24. The van der Waals surface area contributed by atoms with Gasteiger partial charge in [-0.05, 0) is 42.7 Å². The van der Waals surface area contributed by atoms with Crippen molar-refractivity contribution < 1.29 is 4.79 Å². The minimum absolute atomic E-state index is 0.179. The minimum Gasteiger partial charge on any atom is -0.347 e. The van der Waals surface area contributed by atoms with E-state index in [1.54, 1.807) is 12.3 Å². The maximum absolute atomic E-state index is 12.1. The van der Waals surface area contributed by atoms with Crippen LogP contribution in [-0.2, 0) is 13.1 Å². The first kappa shape index (κ1) is 14.2. The molecule has 0 radical (unpaired) electrons. The lowest BCUT2D eigenvalue weighted by molar-refractivity contribution is 0.0946. The summed E-state index contributed by atoms with van der Waals surface area (Å²) < 4.78 is 0. The minimum atomic E-state index is -0.179. The summed E-state index contributed by atoms with van der Waals surface area (Å²) in [6, 6.07) is 9.73. The van der Waals surface area contributed by atoms with Crippen molar-refractivity contribution in [3.05, 3.63) is 64.5 Å². The Morgan fingerprint density at radius 3 is 2.80 bits per heavy atom. The number of aromatic nitrogens is 1. The van der Waals surface area contributed by atoms with Gasteiger partial charge in [-0.15, -0.1) is 0 Å². The summed E-state index contributed by atoms with van der Waals surface area (Å²) in [7, 11) is 0. The smallest absolute Gasteiger partial charge is 0.270 e. The van der Waals surface area contributed by atoms with Crippen LogP contribution >= 0.6 is 0 Å². The Bertz CT molecular complexity index is 623. The van der Waals surface area contributed by atoms with E-state index in [1.807, 2.05) is 19.9 Å². The Kier molecular flexibility index (Phi) is 4.48. The van der Waals surface area contributed by atoms with E-state index in [1.165, 1.54) is 11.1 Å². The molecule has 104 valence electrons. The number of pyridine rings is 1. The third-order valence-electron chi connectivity index (χ3n) is 3.24. The highest BCUT2D eigenvalue weighted by Gasteiger charge is 2.08. The number of amides is 1. The zero-order valence-electron chi connectivity index (χ0n) is 11.8. The van der Waals surface area contributed by atoms with Crippen LogP contribution in [0, 0.1) is 13.8 Å². The van der Waals surface area contributed by atoms with E-state index in [9.17, 15) is 4.79 Å². The SMILES string of the molecule is Cc1ccc(C)c(CNC(=O)c2cc(CN)ccn2)c1. The molecule has 1 amide bonds. The van der Waals surface area contributed by atoms with Crippen LogP contribution in [0.1, 0.15) is 32.7 Å². The maximum atomic E-state index is 12.1. The fourth-order valence-electron chi connectivity index (χ4n) is 1.98. The van der Waals surface area contributed by atoms with Gasteiger partial charge >= 0.3 is 0 Å². The zero-order valence-corrected chi connectivity index (χ0v) is 11.8. The Balaban J connectivity index is 2.06. The van der Waals surface area contributed by atoms with Crippen molar-refractivity contribution in [3.8, 4) is 0 Å². The number of rotatable bonds is 4. The predicted octanol–water partition coefficient (Wildman–Crippen LogP) is 2.09. The molecular formula is C16H19N3O. The molecule has 0 aliphatic heterocycles. The van der Waals surface area contributed by atoms with E-state index in [-0.39, 0.29) is 5.91 Å². The van der Waals surface area contributed by atoms with Gasteiger partial charge in [-0.2, -0.15) is 0 Å². The first-order valence-electron chi connectivity index (χ1n) is 6.59. The molecule has 0 saturated carbocycles. The molecule has 0 spiro atoms. The summed E-state index contributed by atoms with van der Waals surface area (Å²) in [4.78, 5) is 16.1. The second-order valence-corrected chi connectivity index (χ2v) is 4.87. The monoisotopic (exact) mass is 269 g/mol. The lowest BCUT2D eigenvalue weighted by Crippen LogP contribution is -2.24. The van der Waals surface area contributed by atoms with Crippen LogP contribution in [0.2, 0.25) is 0 Å². The largest absolute Gasteiger partial charge is 0.347 e. The van der Waals surface area contributed by atoms with Gasteiger partial charge in [-0.1, -0.05) is 23.8 Å². The Hall–Kier alpha value is -2.20. The number of carbonyl (C=O) groups excluding carboxylic acids is 1. The summed E-state index contributed by atoms with van der Waals surface area (Å²) in [6.45, 7) is 4.98. The molecule has 1 heterocycles. The van der Waals surface area contributed by atoms with Crippen molar-refractivity contribution in [3.63, 3.8) is 0 Å². The van der Waals surface area contributed by atoms with Crippen LogP contribution in [0.5, 0.6) is 0 Å². The van der Waals surface area contributed by atoms with E-state index >= 15 is 0 Å². The fourth-order valence-corrected chi connectivity index (χ4v) is 1.98. The topological polar surface area (TPSA) is 68.0 Å². The highest BCUT2D eigenvalue weighted by atomic mass is 16.1. The van der Waals surface area contributed by atoms with Gasteiger partial charge in [-0.3, -0.25) is 9.78 Å². The molecule has 0 saturated heterocycles. The van der Waals surface area contributed by atoms with Gasteiger partial charge in [-0.25, -0.2) is 0 Å². The zero-order chi connectivity index (χ0) is 14.5. The van der Waals surface area contributed by atoms with Crippen molar-refractivity contribution in [2.75, 3.05) is 0 Å². The predicted molar refractivity (Wildman–Crippen MR) is 79.2 cm³/mol. The molecule has 1 aromatic heterocycles. The van der Waals surface area contributed by atoms with E-state index in [0.717, 1.165) is 11.1 Å². The Morgan fingerprint density at radius 2 is 2.05 bits per heavy atom. The third kappa shape index (κ3) is 3.42. The van der Waals surface area contributed by atoms with Gasteiger partial charge in [0, 0.05) is 19.3 Å². The molecule has 4 nitrogen and oxygen atoms in total. The Morgan fingerprint density at radius 1 is 1.25 bits per heavy atom. The normalized spacial score (nSPS) is 10.3. The van der Waals surface area contributed by atoms with Crippen molar-refractivity contribution >= 4 is 5.91 Å². The summed E-state index contributed by atoms with van der Waals surface area (Å²) >= 11 is 0. The van der Waals surface area contributed by atoms with Crippen molar-refractivity contribution in [1.29, 1.82) is 0 Å². The van der Waals surface area contributed by atoms with Crippen LogP contribution in [0.25, 0.3) is 0 Å². The molecule has 2 aromatic rings. The van der Waals surface area contributed by atoms with E-state index < -0.39 is 0 Å². The molecule has 4 heteroatoms. The summed E-state index contributed by atoms with van der Waals surface area (Å²) in [5.74, 6) is -0.179. The number of nitrogens with one attached hydrogen (secondary N) is 1. The van der Waals surface area contributed by atoms with Crippen LogP contribution in [0.15, 0.2) is 36.5 Å². The van der Waals surface area contributed by atoms with Gasteiger partial charge in [0.05, 0.1) is 0 Å². The van der Waals surface area contributed by atoms with Crippen LogP contribution in [-0.4, -0.2) is 10.9 Å². The lowest BCUT2D eigenvalue weighted by Gasteiger charge is -2.09. The van der Waals surface area contributed by atoms with E-state index in [0.29, 0.717) is 18.8 Å². The first-order valence-corrected chi connectivity index (χ1v) is 6.59. The summed E-state index contributed by atoms with van der Waals surface area (Å²) in [5, 5.41) is 2.89. The van der Waals surface area contributed by atoms with Crippen LogP contribution in [0.3, 0.4) is 0 Å². The van der Waals surface area contributed by atoms with Crippen molar-refractivity contribution in [1.82, 2.24) is 10.3 Å². The molecular weight excluding hydrogens is 250 g/mol. The number of hydrogen-bond acceptors (Lipinski definition) is 3. The van der Waals surface area contributed by atoms with Gasteiger partial charge in [0.15, 0.2) is 0 Å². The average Bonchev–Trinajstić information content (AvgIpc) is 2.48. The van der Waals surface area contributed by atoms with Gasteiger partial charge in [0.2, 0.25) is 0 Å². The number of hydrogen-bond donors (Lipinski definition) is 2. The number of nitrogens with two attached hydrogens (primary N) is 1. The van der Waals surface area contributed by atoms with E-state index in [2.05, 4.69) is 28.5 Å². The second-order valence-electron chi connectivity index (χ2n) is 4.87. The van der Waals surface area contributed by atoms with Crippen LogP contribution < -0.4 is 11.1 Å². The van der Waals surface area contributed by atoms with E-state index in [4.69, 9.17) is 5.73 Å². The molecule has 0 bridgehead atoms. The Labute approximate surface area is 119 Å². The molecule has 3 N–H and O–H groups in total. The number of carbonyl (C=O) groups is 1. The molecule has 0 aliphatic rings. The molecule has 20 heavy (non-hydrogen) atoms.